The lowest BCUT2D eigenvalue weighted by atomic mass is 10.3. The SMILES string of the molecule is COc1ccc(-n2c(O)c(N=Nc3ccccc3)sc2=S)cc1. The van der Waals surface area contributed by atoms with Crippen molar-refractivity contribution >= 4 is 34.2 Å². The zero-order valence-corrected chi connectivity index (χ0v) is 13.8. The van der Waals surface area contributed by atoms with Crippen molar-refractivity contribution in [1.29, 1.82) is 0 Å². The third-order valence-corrected chi connectivity index (χ3v) is 4.36. The van der Waals surface area contributed by atoms with Gasteiger partial charge in [0.1, 0.15) is 5.75 Å². The fourth-order valence-corrected chi connectivity index (χ4v) is 3.12. The molecular formula is C16H13N3O2S2. The molecule has 3 rings (SSSR count). The maximum atomic E-state index is 10.4. The molecule has 3 aromatic rings. The fraction of sp³-hybridized carbons (Fsp3) is 0.0625. The third kappa shape index (κ3) is 3.30. The Labute approximate surface area is 142 Å². The Balaban J connectivity index is 1.96. The van der Waals surface area contributed by atoms with Crippen LogP contribution in [0.25, 0.3) is 5.69 Å². The molecule has 7 heteroatoms. The zero-order chi connectivity index (χ0) is 16.2. The predicted octanol–water partition coefficient (Wildman–Crippen LogP) is 5.40. The van der Waals surface area contributed by atoms with E-state index in [0.29, 0.717) is 14.6 Å². The predicted molar refractivity (Wildman–Crippen MR) is 93.3 cm³/mol. The zero-order valence-electron chi connectivity index (χ0n) is 12.2. The minimum Gasteiger partial charge on any atom is -0.497 e. The van der Waals surface area contributed by atoms with E-state index in [2.05, 4.69) is 10.2 Å². The van der Waals surface area contributed by atoms with Crippen LogP contribution in [0.5, 0.6) is 11.6 Å². The first kappa shape index (κ1) is 15.4. The van der Waals surface area contributed by atoms with Crippen molar-refractivity contribution in [2.45, 2.75) is 0 Å². The first-order chi connectivity index (χ1) is 11.2. The van der Waals surface area contributed by atoms with Gasteiger partial charge in [-0.05, 0) is 48.6 Å². The molecule has 0 unspecified atom stereocenters. The highest BCUT2D eigenvalue weighted by atomic mass is 32.1. The number of nitrogens with zero attached hydrogens (tertiary/aromatic N) is 3. The van der Waals surface area contributed by atoms with Crippen LogP contribution in [0.2, 0.25) is 0 Å². The van der Waals surface area contributed by atoms with Crippen LogP contribution in [0.4, 0.5) is 10.7 Å². The minimum atomic E-state index is -0.0233. The van der Waals surface area contributed by atoms with Gasteiger partial charge in [-0.2, -0.15) is 0 Å². The molecule has 0 fully saturated rings. The van der Waals surface area contributed by atoms with E-state index in [1.165, 1.54) is 11.3 Å². The fourth-order valence-electron chi connectivity index (χ4n) is 1.98. The van der Waals surface area contributed by atoms with E-state index in [1.54, 1.807) is 23.8 Å². The number of benzene rings is 2. The van der Waals surface area contributed by atoms with Gasteiger partial charge in [-0.15, -0.1) is 10.2 Å². The molecule has 0 saturated heterocycles. The molecule has 0 bridgehead atoms. The normalized spacial score (nSPS) is 11.0. The van der Waals surface area contributed by atoms with Gasteiger partial charge in [0.05, 0.1) is 18.5 Å². The number of aromatic nitrogens is 1. The Morgan fingerprint density at radius 1 is 1.04 bits per heavy atom. The maximum absolute atomic E-state index is 10.4. The Morgan fingerprint density at radius 2 is 1.74 bits per heavy atom. The molecule has 1 N–H and O–H groups in total. The summed E-state index contributed by atoms with van der Waals surface area (Å²) in [6.07, 6.45) is 0. The summed E-state index contributed by atoms with van der Waals surface area (Å²) in [5, 5.41) is 19.0. The van der Waals surface area contributed by atoms with Crippen LogP contribution in [0, 0.1) is 3.95 Å². The summed E-state index contributed by atoms with van der Waals surface area (Å²) < 4.78 is 7.18. The molecule has 5 nitrogen and oxygen atoms in total. The standard InChI is InChI=1S/C16H13N3O2S2/c1-21-13-9-7-12(8-10-13)19-15(20)14(23-16(19)22)18-17-11-5-3-2-4-6-11/h2-10,20H,1H3. The summed E-state index contributed by atoms with van der Waals surface area (Å²) in [4.78, 5) is 0. The van der Waals surface area contributed by atoms with Crippen molar-refractivity contribution in [3.8, 4) is 17.3 Å². The van der Waals surface area contributed by atoms with E-state index in [1.807, 2.05) is 42.5 Å². The van der Waals surface area contributed by atoms with Crippen LogP contribution < -0.4 is 4.74 Å². The van der Waals surface area contributed by atoms with Gasteiger partial charge in [-0.3, -0.25) is 4.57 Å². The van der Waals surface area contributed by atoms with Crippen LogP contribution >= 0.6 is 23.6 Å². The summed E-state index contributed by atoms with van der Waals surface area (Å²) in [7, 11) is 1.60. The van der Waals surface area contributed by atoms with Gasteiger partial charge in [-0.25, -0.2) is 0 Å². The monoisotopic (exact) mass is 343 g/mol. The second-order valence-corrected chi connectivity index (χ2v) is 6.19. The molecule has 0 spiro atoms. The molecule has 0 radical (unpaired) electrons. The van der Waals surface area contributed by atoms with Gasteiger partial charge >= 0.3 is 0 Å². The summed E-state index contributed by atoms with van der Waals surface area (Å²) in [5.41, 5.74) is 1.45. The maximum Gasteiger partial charge on any atom is 0.236 e. The van der Waals surface area contributed by atoms with Gasteiger partial charge in [0, 0.05) is 0 Å². The molecular weight excluding hydrogens is 330 g/mol. The molecule has 0 amide bonds. The molecule has 0 aliphatic rings. The van der Waals surface area contributed by atoms with Crippen molar-refractivity contribution in [2.75, 3.05) is 7.11 Å². The number of hydrogen-bond donors (Lipinski definition) is 1. The smallest absolute Gasteiger partial charge is 0.236 e. The molecule has 116 valence electrons. The van der Waals surface area contributed by atoms with E-state index in [-0.39, 0.29) is 5.88 Å². The van der Waals surface area contributed by atoms with Crippen molar-refractivity contribution in [3.05, 3.63) is 58.6 Å². The number of thiazole rings is 1. The minimum absolute atomic E-state index is 0.0233. The van der Waals surface area contributed by atoms with E-state index in [9.17, 15) is 5.11 Å². The number of hydrogen-bond acceptors (Lipinski definition) is 6. The number of azo groups is 1. The molecule has 23 heavy (non-hydrogen) atoms. The largest absolute Gasteiger partial charge is 0.497 e. The first-order valence-electron chi connectivity index (χ1n) is 6.75. The second kappa shape index (κ2) is 6.72. The molecule has 0 aliphatic heterocycles. The highest BCUT2D eigenvalue weighted by Crippen LogP contribution is 2.38. The number of methoxy groups -OCH3 is 1. The van der Waals surface area contributed by atoms with Gasteiger partial charge in [-0.1, -0.05) is 29.5 Å². The molecule has 0 aliphatic carbocycles. The topological polar surface area (TPSA) is 59.1 Å². The van der Waals surface area contributed by atoms with Crippen LogP contribution in [0.1, 0.15) is 0 Å². The highest BCUT2D eigenvalue weighted by molar-refractivity contribution is 7.73. The lowest BCUT2D eigenvalue weighted by Gasteiger charge is -2.05. The Morgan fingerprint density at radius 3 is 2.39 bits per heavy atom. The van der Waals surface area contributed by atoms with Crippen LogP contribution in [0.3, 0.4) is 0 Å². The lowest BCUT2D eigenvalue weighted by molar-refractivity contribution is 0.414. The van der Waals surface area contributed by atoms with Crippen LogP contribution in [-0.4, -0.2) is 16.8 Å². The molecule has 0 saturated carbocycles. The molecule has 1 aromatic heterocycles. The van der Waals surface area contributed by atoms with Gasteiger partial charge in [0.25, 0.3) is 0 Å². The Kier molecular flexibility index (Phi) is 4.50. The average molecular weight is 343 g/mol. The van der Waals surface area contributed by atoms with Crippen molar-refractivity contribution in [3.63, 3.8) is 0 Å². The van der Waals surface area contributed by atoms with Crippen molar-refractivity contribution < 1.29 is 9.84 Å². The van der Waals surface area contributed by atoms with E-state index >= 15 is 0 Å². The first-order valence-corrected chi connectivity index (χ1v) is 7.97. The Bertz CT molecular complexity index is 884. The van der Waals surface area contributed by atoms with E-state index < -0.39 is 0 Å². The number of aromatic hydroxyl groups is 1. The third-order valence-electron chi connectivity index (χ3n) is 3.11. The van der Waals surface area contributed by atoms with Gasteiger partial charge in [0.2, 0.25) is 10.9 Å². The highest BCUT2D eigenvalue weighted by Gasteiger charge is 2.13. The van der Waals surface area contributed by atoms with Crippen molar-refractivity contribution in [1.82, 2.24) is 4.57 Å². The summed E-state index contributed by atoms with van der Waals surface area (Å²) in [5.74, 6) is 0.712. The second-order valence-electron chi connectivity index (χ2n) is 4.57. The lowest BCUT2D eigenvalue weighted by Crippen LogP contribution is -1.92. The molecule has 0 atom stereocenters. The number of rotatable bonds is 4. The Hall–Kier alpha value is -2.51. The average Bonchev–Trinajstić information content (AvgIpc) is 2.88. The molecule has 2 aromatic carbocycles. The van der Waals surface area contributed by atoms with Crippen LogP contribution in [0.15, 0.2) is 64.8 Å². The van der Waals surface area contributed by atoms with Gasteiger partial charge in [0.15, 0.2) is 3.95 Å². The summed E-state index contributed by atoms with van der Waals surface area (Å²) in [6.45, 7) is 0. The van der Waals surface area contributed by atoms with E-state index in [0.717, 1.165) is 11.4 Å². The van der Waals surface area contributed by atoms with Gasteiger partial charge < -0.3 is 9.84 Å². The van der Waals surface area contributed by atoms with Crippen molar-refractivity contribution in [2.24, 2.45) is 10.2 Å². The quantitative estimate of drug-likeness (QED) is 0.510. The summed E-state index contributed by atoms with van der Waals surface area (Å²) in [6, 6.07) is 16.6. The number of ether oxygens (including phenoxy) is 1. The summed E-state index contributed by atoms with van der Waals surface area (Å²) >= 11 is 6.52. The molecule has 1 heterocycles. The van der Waals surface area contributed by atoms with E-state index in [4.69, 9.17) is 17.0 Å². The van der Waals surface area contributed by atoms with Crippen LogP contribution in [-0.2, 0) is 0 Å².